The highest BCUT2D eigenvalue weighted by Crippen LogP contribution is 2.30. The first-order valence-corrected chi connectivity index (χ1v) is 6.59. The molecule has 1 atom stereocenters. The van der Waals surface area contributed by atoms with E-state index < -0.39 is 10.9 Å². The summed E-state index contributed by atoms with van der Waals surface area (Å²) in [7, 11) is 0. The molecular weight excluding hydrogens is 274 g/mol. The van der Waals surface area contributed by atoms with E-state index in [1.54, 1.807) is 6.07 Å². The predicted octanol–water partition coefficient (Wildman–Crippen LogP) is 3.18. The van der Waals surface area contributed by atoms with Gasteiger partial charge in [0.25, 0.3) is 0 Å². The third kappa shape index (κ3) is 4.17. The topological polar surface area (TPSA) is 89.7 Å². The molecule has 1 aromatic carbocycles. The molecule has 0 saturated carbocycles. The minimum Gasteiger partial charge on any atom is -0.479 e. The highest BCUT2D eigenvalue weighted by atomic mass is 16.6. The number of rotatable bonds is 5. The van der Waals surface area contributed by atoms with E-state index in [1.165, 1.54) is 18.2 Å². The van der Waals surface area contributed by atoms with Crippen molar-refractivity contribution in [1.82, 2.24) is 0 Å². The van der Waals surface area contributed by atoms with Crippen molar-refractivity contribution < 1.29 is 19.6 Å². The minimum absolute atomic E-state index is 0.155. The highest BCUT2D eigenvalue weighted by molar-refractivity contribution is 5.85. The Kier molecular flexibility index (Phi) is 4.71. The van der Waals surface area contributed by atoms with Crippen LogP contribution in [0, 0.1) is 10.1 Å². The SMILES string of the molecule is O=C(O)/C=C/c1ccc(OC2C=CCCC2)c([N+](=O)[O-])c1. The lowest BCUT2D eigenvalue weighted by Crippen LogP contribution is -2.16. The van der Waals surface area contributed by atoms with Gasteiger partial charge < -0.3 is 9.84 Å². The molecule has 21 heavy (non-hydrogen) atoms. The molecule has 0 radical (unpaired) electrons. The quantitative estimate of drug-likeness (QED) is 0.389. The largest absolute Gasteiger partial charge is 0.479 e. The number of hydrogen-bond donors (Lipinski definition) is 1. The van der Waals surface area contributed by atoms with E-state index in [2.05, 4.69) is 0 Å². The van der Waals surface area contributed by atoms with Gasteiger partial charge in [-0.2, -0.15) is 0 Å². The van der Waals surface area contributed by atoms with Gasteiger partial charge in [0.05, 0.1) is 4.92 Å². The predicted molar refractivity (Wildman–Crippen MR) is 77.2 cm³/mol. The van der Waals surface area contributed by atoms with Gasteiger partial charge in [-0.25, -0.2) is 4.79 Å². The summed E-state index contributed by atoms with van der Waals surface area (Å²) in [6.45, 7) is 0. The van der Waals surface area contributed by atoms with Crippen LogP contribution in [0.4, 0.5) is 5.69 Å². The maximum Gasteiger partial charge on any atom is 0.328 e. The third-order valence-corrected chi connectivity index (χ3v) is 3.09. The number of nitrogens with zero attached hydrogens (tertiary/aromatic N) is 1. The average molecular weight is 289 g/mol. The van der Waals surface area contributed by atoms with E-state index in [-0.39, 0.29) is 17.5 Å². The van der Waals surface area contributed by atoms with Crippen molar-refractivity contribution in [3.8, 4) is 5.75 Å². The lowest BCUT2D eigenvalue weighted by Gasteiger charge is -2.18. The third-order valence-electron chi connectivity index (χ3n) is 3.09. The van der Waals surface area contributed by atoms with Crippen LogP contribution in [0.15, 0.2) is 36.4 Å². The first-order chi connectivity index (χ1) is 10.1. The summed E-state index contributed by atoms with van der Waals surface area (Å²) < 4.78 is 5.66. The maximum absolute atomic E-state index is 11.1. The van der Waals surface area contributed by atoms with Crippen LogP contribution in [0.1, 0.15) is 24.8 Å². The number of hydrogen-bond acceptors (Lipinski definition) is 4. The summed E-state index contributed by atoms with van der Waals surface area (Å²) in [6.07, 6.45) is 8.82. The number of benzene rings is 1. The van der Waals surface area contributed by atoms with E-state index >= 15 is 0 Å². The second-order valence-electron chi connectivity index (χ2n) is 4.67. The molecule has 0 heterocycles. The molecule has 0 spiro atoms. The Balaban J connectivity index is 2.24. The molecule has 110 valence electrons. The Bertz CT molecular complexity index is 606. The molecule has 0 aromatic heterocycles. The monoisotopic (exact) mass is 289 g/mol. The molecule has 1 unspecified atom stereocenters. The van der Waals surface area contributed by atoms with E-state index in [9.17, 15) is 14.9 Å². The van der Waals surface area contributed by atoms with E-state index in [0.717, 1.165) is 25.3 Å². The molecule has 1 aromatic rings. The van der Waals surface area contributed by atoms with Crippen molar-refractivity contribution in [2.24, 2.45) is 0 Å². The molecule has 2 rings (SSSR count). The van der Waals surface area contributed by atoms with Crippen LogP contribution in [0.3, 0.4) is 0 Å². The van der Waals surface area contributed by atoms with E-state index in [4.69, 9.17) is 9.84 Å². The summed E-state index contributed by atoms with van der Waals surface area (Å²) in [5, 5.41) is 19.7. The number of nitro groups is 1. The molecule has 0 saturated heterocycles. The number of aliphatic carboxylic acids is 1. The average Bonchev–Trinajstić information content (AvgIpc) is 2.47. The summed E-state index contributed by atoms with van der Waals surface area (Å²) in [5.74, 6) is -0.908. The Morgan fingerprint density at radius 3 is 2.90 bits per heavy atom. The Labute approximate surface area is 121 Å². The van der Waals surface area contributed by atoms with Crippen molar-refractivity contribution in [3.05, 3.63) is 52.1 Å². The van der Waals surface area contributed by atoms with Crippen molar-refractivity contribution in [3.63, 3.8) is 0 Å². The Hall–Kier alpha value is -2.63. The summed E-state index contributed by atoms with van der Waals surface area (Å²) in [4.78, 5) is 21.1. The molecule has 1 N–H and O–H groups in total. The van der Waals surface area contributed by atoms with Gasteiger partial charge in [0.15, 0.2) is 5.75 Å². The second-order valence-corrected chi connectivity index (χ2v) is 4.67. The molecule has 0 fully saturated rings. The van der Waals surface area contributed by atoms with Gasteiger partial charge in [0.1, 0.15) is 6.10 Å². The van der Waals surface area contributed by atoms with Crippen LogP contribution >= 0.6 is 0 Å². The van der Waals surface area contributed by atoms with Crippen LogP contribution in [-0.4, -0.2) is 22.1 Å². The smallest absolute Gasteiger partial charge is 0.328 e. The van der Waals surface area contributed by atoms with Crippen molar-refractivity contribution in [1.29, 1.82) is 0 Å². The van der Waals surface area contributed by atoms with Crippen LogP contribution in [-0.2, 0) is 4.79 Å². The number of carboxylic acids is 1. The van der Waals surface area contributed by atoms with Gasteiger partial charge in [0.2, 0.25) is 0 Å². The summed E-state index contributed by atoms with van der Waals surface area (Å²) in [6, 6.07) is 4.40. The number of allylic oxidation sites excluding steroid dienone is 1. The molecule has 0 bridgehead atoms. The fourth-order valence-corrected chi connectivity index (χ4v) is 2.09. The van der Waals surface area contributed by atoms with Gasteiger partial charge >= 0.3 is 11.7 Å². The van der Waals surface area contributed by atoms with Crippen molar-refractivity contribution in [2.45, 2.75) is 25.4 Å². The van der Waals surface area contributed by atoms with Gasteiger partial charge in [-0.3, -0.25) is 10.1 Å². The minimum atomic E-state index is -1.11. The van der Waals surface area contributed by atoms with Gasteiger partial charge in [-0.05, 0) is 43.0 Å². The number of ether oxygens (including phenoxy) is 1. The molecule has 6 heteroatoms. The van der Waals surface area contributed by atoms with Crippen molar-refractivity contribution in [2.75, 3.05) is 0 Å². The second kappa shape index (κ2) is 6.69. The van der Waals surface area contributed by atoms with Crippen LogP contribution < -0.4 is 4.74 Å². The first kappa shape index (κ1) is 14.8. The fraction of sp³-hybridized carbons (Fsp3) is 0.267. The maximum atomic E-state index is 11.1. The van der Waals surface area contributed by atoms with Gasteiger partial charge in [0, 0.05) is 12.1 Å². The standard InChI is InChI=1S/C15H15NO5/c17-15(18)9-7-11-6-8-14(13(10-11)16(19)20)21-12-4-2-1-3-5-12/h2,4,6-10,12H,1,3,5H2,(H,17,18)/b9-7+. The summed E-state index contributed by atoms with van der Waals surface area (Å²) in [5.41, 5.74) is 0.275. The normalized spacial score (nSPS) is 17.8. The Morgan fingerprint density at radius 1 is 1.48 bits per heavy atom. The first-order valence-electron chi connectivity index (χ1n) is 6.59. The molecular formula is C15H15NO5. The van der Waals surface area contributed by atoms with Crippen LogP contribution in [0.2, 0.25) is 0 Å². The molecule has 6 nitrogen and oxygen atoms in total. The highest BCUT2D eigenvalue weighted by Gasteiger charge is 2.19. The zero-order chi connectivity index (χ0) is 15.2. The van der Waals surface area contributed by atoms with E-state index in [0.29, 0.717) is 5.56 Å². The lowest BCUT2D eigenvalue weighted by atomic mass is 10.1. The zero-order valence-electron chi connectivity index (χ0n) is 11.3. The molecule has 1 aliphatic rings. The van der Waals surface area contributed by atoms with E-state index in [1.807, 2.05) is 12.2 Å². The van der Waals surface area contributed by atoms with Gasteiger partial charge in [-0.15, -0.1) is 0 Å². The van der Waals surface area contributed by atoms with Crippen LogP contribution in [0.5, 0.6) is 5.75 Å². The molecule has 0 aliphatic heterocycles. The lowest BCUT2D eigenvalue weighted by molar-refractivity contribution is -0.386. The number of nitro benzene ring substituents is 1. The van der Waals surface area contributed by atoms with Gasteiger partial charge in [-0.1, -0.05) is 12.1 Å². The van der Waals surface area contributed by atoms with Crippen LogP contribution in [0.25, 0.3) is 6.08 Å². The zero-order valence-corrected chi connectivity index (χ0v) is 11.3. The molecule has 0 amide bonds. The van der Waals surface area contributed by atoms with Crippen molar-refractivity contribution >= 4 is 17.7 Å². The summed E-state index contributed by atoms with van der Waals surface area (Å²) >= 11 is 0. The fourth-order valence-electron chi connectivity index (χ4n) is 2.09. The number of carboxylic acid groups (broad SMARTS) is 1. The Morgan fingerprint density at radius 2 is 2.29 bits per heavy atom. The number of carbonyl (C=O) groups is 1. The molecule has 1 aliphatic carbocycles.